The van der Waals surface area contributed by atoms with Crippen LogP contribution in [0.15, 0.2) is 30.3 Å². The molecular weight excluding hydrogens is 440 g/mol. The van der Waals surface area contributed by atoms with Gasteiger partial charge in [0.1, 0.15) is 18.1 Å². The van der Waals surface area contributed by atoms with Crippen molar-refractivity contribution in [1.82, 2.24) is 16.0 Å². The predicted molar refractivity (Wildman–Crippen MR) is 128 cm³/mol. The summed E-state index contributed by atoms with van der Waals surface area (Å²) in [6.45, 7) is 8.29. The lowest BCUT2D eigenvalue weighted by atomic mass is 9.98. The number of hydrogen-bond donors (Lipinski definition) is 6. The normalized spacial score (nSPS) is 16.5. The van der Waals surface area contributed by atoms with Gasteiger partial charge in [-0.1, -0.05) is 64.4 Å². The van der Waals surface area contributed by atoms with Crippen LogP contribution in [0.4, 0.5) is 0 Å². The van der Waals surface area contributed by atoms with Crippen molar-refractivity contribution in [3.05, 3.63) is 35.9 Å². The van der Waals surface area contributed by atoms with Gasteiger partial charge in [-0.15, -0.1) is 0 Å². The largest absolute Gasteiger partial charge is 0.480 e. The molecule has 0 saturated heterocycles. The van der Waals surface area contributed by atoms with Gasteiger partial charge in [-0.05, 0) is 24.3 Å². The molecule has 0 aromatic heterocycles. The second-order valence-electron chi connectivity index (χ2n) is 8.96. The van der Waals surface area contributed by atoms with Crippen LogP contribution in [0.5, 0.6) is 0 Å². The van der Waals surface area contributed by atoms with E-state index in [1.165, 1.54) is 6.92 Å². The molecule has 0 saturated carbocycles. The molecule has 6 unspecified atom stereocenters. The summed E-state index contributed by atoms with van der Waals surface area (Å²) in [5, 5.41) is 26.9. The summed E-state index contributed by atoms with van der Waals surface area (Å²) in [5.74, 6) is -3.81. The van der Waals surface area contributed by atoms with Crippen LogP contribution in [0.1, 0.15) is 46.6 Å². The van der Waals surface area contributed by atoms with Crippen LogP contribution >= 0.6 is 0 Å². The van der Waals surface area contributed by atoms with Crippen LogP contribution in [0, 0.1) is 11.8 Å². The number of carboxylic acid groups (broad SMARTS) is 1. The Hall–Kier alpha value is -2.98. The molecule has 0 heterocycles. The quantitative estimate of drug-likeness (QED) is 0.235. The van der Waals surface area contributed by atoms with E-state index < -0.39 is 59.9 Å². The highest BCUT2D eigenvalue weighted by molar-refractivity contribution is 5.94. The van der Waals surface area contributed by atoms with E-state index in [1.54, 1.807) is 38.1 Å². The highest BCUT2D eigenvalue weighted by Crippen LogP contribution is 2.09. The maximum Gasteiger partial charge on any atom is 0.326 e. The van der Waals surface area contributed by atoms with E-state index in [9.17, 15) is 29.4 Å². The maximum atomic E-state index is 13.1. The minimum Gasteiger partial charge on any atom is -0.480 e. The van der Waals surface area contributed by atoms with Crippen molar-refractivity contribution in [2.24, 2.45) is 17.6 Å². The average Bonchev–Trinajstić information content (AvgIpc) is 2.78. The summed E-state index contributed by atoms with van der Waals surface area (Å²) >= 11 is 0. The van der Waals surface area contributed by atoms with E-state index in [0.29, 0.717) is 6.42 Å². The zero-order valence-electron chi connectivity index (χ0n) is 20.4. The lowest BCUT2D eigenvalue weighted by Gasteiger charge is -2.28. The van der Waals surface area contributed by atoms with E-state index in [2.05, 4.69) is 16.0 Å². The number of carboxylic acids is 1. The molecule has 0 bridgehead atoms. The number of benzene rings is 1. The minimum atomic E-state index is -1.42. The molecule has 34 heavy (non-hydrogen) atoms. The summed E-state index contributed by atoms with van der Waals surface area (Å²) in [6, 6.07) is 4.47. The SMILES string of the molecule is CCC(C)C(N)C(=O)NC(Cc1ccccc1)C(=O)NC(C(=O)NC(C(=O)O)C(C)C)C(C)O. The molecule has 1 rings (SSSR count). The minimum absolute atomic E-state index is 0.111. The van der Waals surface area contributed by atoms with Crippen LogP contribution in [-0.4, -0.2) is 64.2 Å². The van der Waals surface area contributed by atoms with Gasteiger partial charge < -0.3 is 31.9 Å². The first kappa shape index (κ1) is 29.1. The van der Waals surface area contributed by atoms with Crippen molar-refractivity contribution in [1.29, 1.82) is 0 Å². The molecule has 190 valence electrons. The van der Waals surface area contributed by atoms with Crippen molar-refractivity contribution in [2.45, 2.75) is 77.7 Å². The first-order valence-electron chi connectivity index (χ1n) is 11.5. The number of aliphatic carboxylic acids is 1. The Morgan fingerprint density at radius 3 is 1.91 bits per heavy atom. The molecule has 1 aromatic rings. The van der Waals surface area contributed by atoms with Gasteiger partial charge in [-0.25, -0.2) is 4.79 Å². The maximum absolute atomic E-state index is 13.1. The lowest BCUT2D eigenvalue weighted by Crippen LogP contribution is -2.61. The van der Waals surface area contributed by atoms with Crippen molar-refractivity contribution in [2.75, 3.05) is 0 Å². The first-order valence-corrected chi connectivity index (χ1v) is 11.5. The van der Waals surface area contributed by atoms with Gasteiger partial charge in [0.05, 0.1) is 12.1 Å². The average molecular weight is 479 g/mol. The Morgan fingerprint density at radius 2 is 1.44 bits per heavy atom. The number of aliphatic hydroxyl groups is 1. The molecule has 10 nitrogen and oxygen atoms in total. The zero-order valence-corrected chi connectivity index (χ0v) is 20.4. The highest BCUT2D eigenvalue weighted by atomic mass is 16.4. The second kappa shape index (κ2) is 13.7. The van der Waals surface area contributed by atoms with Crippen molar-refractivity contribution in [3.8, 4) is 0 Å². The van der Waals surface area contributed by atoms with Gasteiger partial charge in [0, 0.05) is 6.42 Å². The molecule has 0 aliphatic heterocycles. The molecule has 7 N–H and O–H groups in total. The molecule has 6 atom stereocenters. The molecule has 0 aliphatic carbocycles. The number of aliphatic hydroxyl groups excluding tert-OH is 1. The van der Waals surface area contributed by atoms with E-state index in [1.807, 2.05) is 19.9 Å². The number of carbonyl (C=O) groups is 4. The van der Waals surface area contributed by atoms with Crippen molar-refractivity contribution in [3.63, 3.8) is 0 Å². The molecule has 0 radical (unpaired) electrons. The summed E-state index contributed by atoms with van der Waals surface area (Å²) in [5.41, 5.74) is 6.79. The molecular formula is C24H38N4O6. The van der Waals surface area contributed by atoms with Crippen molar-refractivity contribution >= 4 is 23.7 Å². The molecule has 0 spiro atoms. The smallest absolute Gasteiger partial charge is 0.326 e. The van der Waals surface area contributed by atoms with Crippen LogP contribution in [0.2, 0.25) is 0 Å². The molecule has 3 amide bonds. The third-order valence-electron chi connectivity index (χ3n) is 5.77. The van der Waals surface area contributed by atoms with Crippen LogP contribution in [0.25, 0.3) is 0 Å². The fraction of sp³-hybridized carbons (Fsp3) is 0.583. The Balaban J connectivity index is 3.09. The number of rotatable bonds is 13. The van der Waals surface area contributed by atoms with Crippen LogP contribution < -0.4 is 21.7 Å². The lowest BCUT2D eigenvalue weighted by molar-refractivity contribution is -0.144. The standard InChI is InChI=1S/C24H38N4O6/c1-6-14(4)18(25)22(31)26-17(12-16-10-8-7-9-11-16)21(30)28-20(15(5)29)23(32)27-19(13(2)3)24(33)34/h7-11,13-15,17-20,29H,6,12,25H2,1-5H3,(H,26,31)(H,27,32)(H,28,30)(H,33,34). The van der Waals surface area contributed by atoms with Gasteiger partial charge in [-0.3, -0.25) is 14.4 Å². The van der Waals surface area contributed by atoms with Gasteiger partial charge in [0.2, 0.25) is 17.7 Å². The predicted octanol–water partition coefficient (Wildman–Crippen LogP) is 0.178. The fourth-order valence-electron chi connectivity index (χ4n) is 3.26. The Morgan fingerprint density at radius 1 is 0.882 bits per heavy atom. The van der Waals surface area contributed by atoms with Crippen LogP contribution in [0.3, 0.4) is 0 Å². The Kier molecular flexibility index (Phi) is 11.7. The van der Waals surface area contributed by atoms with Crippen LogP contribution in [-0.2, 0) is 25.6 Å². The Labute approximate surface area is 200 Å². The number of nitrogens with one attached hydrogen (secondary N) is 3. The van der Waals surface area contributed by atoms with E-state index in [0.717, 1.165) is 5.56 Å². The summed E-state index contributed by atoms with van der Waals surface area (Å²) < 4.78 is 0. The summed E-state index contributed by atoms with van der Waals surface area (Å²) in [4.78, 5) is 50.0. The number of carbonyl (C=O) groups excluding carboxylic acids is 3. The second-order valence-corrected chi connectivity index (χ2v) is 8.96. The zero-order chi connectivity index (χ0) is 26.0. The van der Waals surface area contributed by atoms with Gasteiger partial charge >= 0.3 is 5.97 Å². The van der Waals surface area contributed by atoms with Gasteiger partial charge in [0.15, 0.2) is 0 Å². The highest BCUT2D eigenvalue weighted by Gasteiger charge is 2.34. The summed E-state index contributed by atoms with van der Waals surface area (Å²) in [7, 11) is 0. The third-order valence-corrected chi connectivity index (χ3v) is 5.77. The van der Waals surface area contributed by atoms with Gasteiger partial charge in [-0.2, -0.15) is 0 Å². The number of nitrogens with two attached hydrogens (primary N) is 1. The molecule has 0 fully saturated rings. The third kappa shape index (κ3) is 8.75. The topological polar surface area (TPSA) is 171 Å². The van der Waals surface area contributed by atoms with E-state index >= 15 is 0 Å². The van der Waals surface area contributed by atoms with E-state index in [-0.39, 0.29) is 12.3 Å². The fourth-order valence-corrected chi connectivity index (χ4v) is 3.26. The number of amides is 3. The number of hydrogen-bond acceptors (Lipinski definition) is 6. The molecule has 1 aromatic carbocycles. The molecule has 0 aliphatic rings. The monoisotopic (exact) mass is 478 g/mol. The molecule has 10 heteroatoms. The first-order chi connectivity index (χ1) is 15.9. The van der Waals surface area contributed by atoms with Crippen molar-refractivity contribution < 1.29 is 29.4 Å². The Bertz CT molecular complexity index is 830. The van der Waals surface area contributed by atoms with E-state index in [4.69, 9.17) is 5.73 Å². The van der Waals surface area contributed by atoms with Gasteiger partial charge in [0.25, 0.3) is 0 Å². The summed E-state index contributed by atoms with van der Waals surface area (Å²) in [6.07, 6.45) is -0.514.